The summed E-state index contributed by atoms with van der Waals surface area (Å²) in [5.74, 6) is 0. The number of nitrogens with two attached hydrogens (primary N) is 1. The lowest BCUT2D eigenvalue weighted by Crippen LogP contribution is -2.49. The quantitative estimate of drug-likeness (QED) is 0.872. The highest BCUT2D eigenvalue weighted by molar-refractivity contribution is 5.11. The molecule has 0 aliphatic carbocycles. The van der Waals surface area contributed by atoms with Crippen molar-refractivity contribution < 1.29 is 0 Å². The van der Waals surface area contributed by atoms with E-state index in [1.54, 1.807) is 0 Å². The van der Waals surface area contributed by atoms with E-state index in [2.05, 4.69) is 40.8 Å². The lowest BCUT2D eigenvalue weighted by Gasteiger charge is -2.37. The van der Waals surface area contributed by atoms with E-state index < -0.39 is 0 Å². The third-order valence-corrected chi connectivity index (χ3v) is 4.08. The van der Waals surface area contributed by atoms with Crippen LogP contribution >= 0.6 is 0 Å². The predicted octanol–water partition coefficient (Wildman–Crippen LogP) is 1.46. The first kappa shape index (κ1) is 14.4. The van der Waals surface area contributed by atoms with Gasteiger partial charge in [0, 0.05) is 45.3 Å². The Morgan fingerprint density at radius 2 is 1.89 bits per heavy atom. The van der Waals surface area contributed by atoms with Gasteiger partial charge in [0.05, 0.1) is 11.4 Å². The van der Waals surface area contributed by atoms with E-state index in [9.17, 15) is 0 Å². The standard InChI is InChI=1S/C15H26N4/c1-3-13(2)19-9-7-18(8-10-19)12-15-6-4-5-14(11-16)17-15/h4-6,13H,3,7-12,16H2,1-2H3. The third-order valence-electron chi connectivity index (χ3n) is 4.08. The first-order valence-electron chi connectivity index (χ1n) is 7.34. The highest BCUT2D eigenvalue weighted by atomic mass is 15.3. The Bertz CT molecular complexity index is 385. The Kier molecular flexibility index (Phi) is 5.31. The molecule has 2 heterocycles. The van der Waals surface area contributed by atoms with E-state index >= 15 is 0 Å². The summed E-state index contributed by atoms with van der Waals surface area (Å²) in [6.07, 6.45) is 1.24. The Labute approximate surface area is 116 Å². The van der Waals surface area contributed by atoms with Gasteiger partial charge in [-0.1, -0.05) is 13.0 Å². The molecule has 1 saturated heterocycles. The van der Waals surface area contributed by atoms with Crippen molar-refractivity contribution in [1.29, 1.82) is 0 Å². The predicted molar refractivity (Wildman–Crippen MR) is 78.7 cm³/mol. The van der Waals surface area contributed by atoms with E-state index in [0.717, 1.165) is 31.0 Å². The molecule has 19 heavy (non-hydrogen) atoms. The van der Waals surface area contributed by atoms with Gasteiger partial charge in [-0.3, -0.25) is 14.8 Å². The van der Waals surface area contributed by atoms with Gasteiger partial charge in [0.15, 0.2) is 0 Å². The monoisotopic (exact) mass is 262 g/mol. The molecule has 1 aliphatic rings. The van der Waals surface area contributed by atoms with Gasteiger partial charge >= 0.3 is 0 Å². The first-order chi connectivity index (χ1) is 9.22. The highest BCUT2D eigenvalue weighted by Gasteiger charge is 2.20. The van der Waals surface area contributed by atoms with E-state index in [1.165, 1.54) is 19.5 Å². The second-order valence-corrected chi connectivity index (χ2v) is 5.39. The van der Waals surface area contributed by atoms with Gasteiger partial charge in [-0.05, 0) is 25.5 Å². The molecule has 0 saturated carbocycles. The summed E-state index contributed by atoms with van der Waals surface area (Å²) in [4.78, 5) is 9.65. The van der Waals surface area contributed by atoms with Crippen LogP contribution in [-0.4, -0.2) is 47.0 Å². The van der Waals surface area contributed by atoms with Crippen LogP contribution in [0.25, 0.3) is 0 Å². The van der Waals surface area contributed by atoms with Crippen LogP contribution < -0.4 is 5.73 Å². The van der Waals surface area contributed by atoms with Gasteiger partial charge in [0.2, 0.25) is 0 Å². The molecule has 1 aromatic rings. The van der Waals surface area contributed by atoms with Crippen LogP contribution in [0.1, 0.15) is 31.7 Å². The summed E-state index contributed by atoms with van der Waals surface area (Å²) in [6, 6.07) is 6.85. The Morgan fingerprint density at radius 1 is 1.21 bits per heavy atom. The maximum atomic E-state index is 5.64. The van der Waals surface area contributed by atoms with Gasteiger partial charge in [-0.2, -0.15) is 0 Å². The van der Waals surface area contributed by atoms with Crippen molar-refractivity contribution in [3.05, 3.63) is 29.6 Å². The second kappa shape index (κ2) is 6.98. The number of hydrogen-bond acceptors (Lipinski definition) is 4. The van der Waals surface area contributed by atoms with Gasteiger partial charge in [-0.25, -0.2) is 0 Å². The summed E-state index contributed by atoms with van der Waals surface area (Å²) < 4.78 is 0. The molecule has 1 unspecified atom stereocenters. The van der Waals surface area contributed by atoms with Gasteiger partial charge < -0.3 is 5.73 Å². The van der Waals surface area contributed by atoms with Gasteiger partial charge in [0.1, 0.15) is 0 Å². The summed E-state index contributed by atoms with van der Waals surface area (Å²) in [5, 5.41) is 0. The van der Waals surface area contributed by atoms with Gasteiger partial charge in [-0.15, -0.1) is 0 Å². The molecule has 4 heteroatoms. The number of nitrogens with zero attached hydrogens (tertiary/aromatic N) is 3. The minimum atomic E-state index is 0.523. The van der Waals surface area contributed by atoms with Crippen LogP contribution in [0.2, 0.25) is 0 Å². The Balaban J connectivity index is 1.85. The third kappa shape index (κ3) is 4.00. The summed E-state index contributed by atoms with van der Waals surface area (Å²) >= 11 is 0. The molecule has 1 fully saturated rings. The molecule has 1 aliphatic heterocycles. The topological polar surface area (TPSA) is 45.4 Å². The maximum Gasteiger partial charge on any atom is 0.0547 e. The zero-order valence-corrected chi connectivity index (χ0v) is 12.2. The molecule has 106 valence electrons. The lowest BCUT2D eigenvalue weighted by molar-refractivity contribution is 0.0956. The molecule has 2 N–H and O–H groups in total. The SMILES string of the molecule is CCC(C)N1CCN(Cc2cccc(CN)n2)CC1. The van der Waals surface area contributed by atoms with E-state index in [1.807, 2.05) is 6.07 Å². The summed E-state index contributed by atoms with van der Waals surface area (Å²) in [6.45, 7) is 10.7. The fraction of sp³-hybridized carbons (Fsp3) is 0.667. The molecular formula is C15H26N4. The van der Waals surface area contributed by atoms with Crippen molar-refractivity contribution in [3.8, 4) is 0 Å². The normalized spacial score (nSPS) is 19.5. The average Bonchev–Trinajstić information content (AvgIpc) is 2.47. The van der Waals surface area contributed by atoms with Crippen LogP contribution in [-0.2, 0) is 13.1 Å². The molecule has 0 radical (unpaired) electrons. The molecule has 4 nitrogen and oxygen atoms in total. The van der Waals surface area contributed by atoms with Crippen LogP contribution in [0.15, 0.2) is 18.2 Å². The Hall–Kier alpha value is -0.970. The molecular weight excluding hydrogens is 236 g/mol. The molecule has 0 spiro atoms. The molecule has 0 bridgehead atoms. The average molecular weight is 262 g/mol. The van der Waals surface area contributed by atoms with Crippen molar-refractivity contribution in [1.82, 2.24) is 14.8 Å². The summed E-state index contributed by atoms with van der Waals surface area (Å²) in [5.41, 5.74) is 7.76. The smallest absolute Gasteiger partial charge is 0.0547 e. The van der Waals surface area contributed by atoms with Crippen molar-refractivity contribution in [2.75, 3.05) is 26.2 Å². The minimum absolute atomic E-state index is 0.523. The van der Waals surface area contributed by atoms with Crippen LogP contribution in [0.5, 0.6) is 0 Å². The first-order valence-corrected chi connectivity index (χ1v) is 7.34. The van der Waals surface area contributed by atoms with E-state index in [-0.39, 0.29) is 0 Å². The van der Waals surface area contributed by atoms with Crippen molar-refractivity contribution in [2.24, 2.45) is 5.73 Å². The number of rotatable bonds is 5. The molecule has 2 rings (SSSR count). The van der Waals surface area contributed by atoms with Crippen LogP contribution in [0.3, 0.4) is 0 Å². The van der Waals surface area contributed by atoms with Crippen molar-refractivity contribution in [2.45, 2.75) is 39.4 Å². The zero-order chi connectivity index (χ0) is 13.7. The molecule has 0 amide bonds. The summed E-state index contributed by atoms with van der Waals surface area (Å²) in [7, 11) is 0. The van der Waals surface area contributed by atoms with Crippen LogP contribution in [0, 0.1) is 0 Å². The number of hydrogen-bond donors (Lipinski definition) is 1. The van der Waals surface area contributed by atoms with Crippen molar-refractivity contribution >= 4 is 0 Å². The molecule has 1 aromatic heterocycles. The number of aromatic nitrogens is 1. The minimum Gasteiger partial charge on any atom is -0.325 e. The highest BCUT2D eigenvalue weighted by Crippen LogP contribution is 2.11. The lowest BCUT2D eigenvalue weighted by atomic mass is 10.2. The molecule has 0 aromatic carbocycles. The fourth-order valence-corrected chi connectivity index (χ4v) is 2.58. The van der Waals surface area contributed by atoms with Gasteiger partial charge in [0.25, 0.3) is 0 Å². The second-order valence-electron chi connectivity index (χ2n) is 5.39. The van der Waals surface area contributed by atoms with E-state index in [4.69, 9.17) is 5.73 Å². The zero-order valence-electron chi connectivity index (χ0n) is 12.2. The number of piperazine rings is 1. The number of pyridine rings is 1. The van der Waals surface area contributed by atoms with Crippen LogP contribution in [0.4, 0.5) is 0 Å². The fourth-order valence-electron chi connectivity index (χ4n) is 2.58. The van der Waals surface area contributed by atoms with Crippen molar-refractivity contribution in [3.63, 3.8) is 0 Å². The van der Waals surface area contributed by atoms with E-state index in [0.29, 0.717) is 12.6 Å². The Morgan fingerprint density at radius 3 is 2.53 bits per heavy atom. The molecule has 1 atom stereocenters. The largest absolute Gasteiger partial charge is 0.325 e. The maximum absolute atomic E-state index is 5.64.